The summed E-state index contributed by atoms with van der Waals surface area (Å²) in [4.78, 5) is 136. The van der Waals surface area contributed by atoms with Crippen LogP contribution < -0.4 is 51.4 Å². The van der Waals surface area contributed by atoms with Crippen molar-refractivity contribution in [2.75, 3.05) is 52.4 Å². The van der Waals surface area contributed by atoms with E-state index < -0.39 is 17.6 Å². The first-order chi connectivity index (χ1) is 43.3. The van der Waals surface area contributed by atoms with Gasteiger partial charge in [-0.3, -0.25) is 19.2 Å². The van der Waals surface area contributed by atoms with E-state index in [9.17, 15) is 38.4 Å². The summed E-state index contributed by atoms with van der Waals surface area (Å²) in [6, 6.07) is 38.4. The Bertz CT molecular complexity index is 2880. The van der Waals surface area contributed by atoms with Crippen molar-refractivity contribution in [3.63, 3.8) is 0 Å². The standard InChI is InChI=1S/2C18H25NO3.2C16H21NO3.2CO2.K.H2O/c1-3-18(2)11-7-8-12-19(13-16(18)20)17(21)22-14-15-9-5-4-6-10-15;1-3-18(2)14-19(12-8-7-11-16(18)20)17(21)22-13-15-9-5-4-6-10-15;1-13-7-5-6-10-17(11-15(13)18)16(19)20-12-14-8-3-2-4-9-14;1-13-11-17(10-6-5-9-15(13)18)16(19)20-12-14-7-3-2-4-8-14;2*2-1-3;;/h2*4-6,9-10H,3,7-8,11-14H2,1-2H3;2-4,8-9,13H,5-7,10-12H2,1H3;2-4,7-8,13H,5-6,9-12H2,1H3;;;;1H2/q;;;;;;+1;/p-1. The molecule has 4 aromatic rings. The van der Waals surface area contributed by atoms with Crippen LogP contribution in [-0.2, 0) is 83.7 Å². The van der Waals surface area contributed by atoms with Crippen LogP contribution in [0.5, 0.6) is 0 Å². The largest absolute Gasteiger partial charge is 1.00 e. The van der Waals surface area contributed by atoms with Crippen molar-refractivity contribution in [3.8, 4) is 0 Å². The number of carbonyl (C=O) groups excluding carboxylic acids is 12. The smallest absolute Gasteiger partial charge is 0.870 e. The van der Waals surface area contributed by atoms with Crippen molar-refractivity contribution in [1.82, 2.24) is 19.6 Å². The fourth-order valence-electron chi connectivity index (χ4n) is 10.1. The second-order valence-electron chi connectivity index (χ2n) is 23.3. The van der Waals surface area contributed by atoms with Crippen molar-refractivity contribution in [3.05, 3.63) is 144 Å². The molecule has 0 aliphatic carbocycles. The molecule has 4 fully saturated rings. The molecule has 496 valence electrons. The van der Waals surface area contributed by atoms with Crippen molar-refractivity contribution in [2.24, 2.45) is 22.7 Å². The minimum Gasteiger partial charge on any atom is -0.870 e. The third kappa shape index (κ3) is 31.5. The fourth-order valence-corrected chi connectivity index (χ4v) is 10.1. The van der Waals surface area contributed by atoms with E-state index >= 15 is 0 Å². The van der Waals surface area contributed by atoms with Gasteiger partial charge in [0.2, 0.25) is 0 Å². The molecule has 22 heteroatoms. The van der Waals surface area contributed by atoms with Crippen LogP contribution >= 0.6 is 0 Å². The molecule has 4 unspecified atom stereocenters. The molecule has 21 nitrogen and oxygen atoms in total. The summed E-state index contributed by atoms with van der Waals surface area (Å²) >= 11 is 0. The second-order valence-corrected chi connectivity index (χ2v) is 23.3. The van der Waals surface area contributed by atoms with E-state index in [1.807, 2.05) is 163 Å². The Labute approximate surface area is 584 Å². The van der Waals surface area contributed by atoms with E-state index in [1.54, 1.807) is 14.7 Å². The molecule has 92 heavy (non-hydrogen) atoms. The monoisotopic (exact) mass is 1300 g/mol. The average molecular weight is 1300 g/mol. The second kappa shape index (κ2) is 47.0. The average Bonchev–Trinajstić information content (AvgIpc) is 1.13. The van der Waals surface area contributed by atoms with E-state index in [-0.39, 0.29) is 161 Å². The number of hydrogen-bond donors (Lipinski definition) is 0. The van der Waals surface area contributed by atoms with Gasteiger partial charge in [-0.1, -0.05) is 176 Å². The van der Waals surface area contributed by atoms with E-state index in [1.165, 1.54) is 4.90 Å². The molecule has 4 aliphatic heterocycles. The first-order valence-electron chi connectivity index (χ1n) is 31.2. The number of nitrogens with zero attached hydrogens (tertiary/aromatic N) is 4. The summed E-state index contributed by atoms with van der Waals surface area (Å²) in [5.74, 6) is 0.716. The van der Waals surface area contributed by atoms with Crippen LogP contribution in [0.2, 0.25) is 0 Å². The van der Waals surface area contributed by atoms with Crippen LogP contribution in [0.3, 0.4) is 0 Å². The molecule has 4 atom stereocenters. The molecule has 4 aromatic carbocycles. The third-order valence-corrected chi connectivity index (χ3v) is 16.5. The number of carbonyl (C=O) groups is 8. The molecule has 0 saturated carbocycles. The number of benzene rings is 4. The molecule has 0 radical (unpaired) electrons. The molecule has 4 aliphatic rings. The van der Waals surface area contributed by atoms with Crippen LogP contribution in [0.25, 0.3) is 0 Å². The summed E-state index contributed by atoms with van der Waals surface area (Å²) in [7, 11) is 0. The van der Waals surface area contributed by atoms with Gasteiger partial charge in [-0.05, 0) is 86.5 Å². The maximum Gasteiger partial charge on any atom is 1.00 e. The number of hydrogen-bond acceptors (Lipinski definition) is 17. The van der Waals surface area contributed by atoms with Gasteiger partial charge < -0.3 is 44.0 Å². The number of likely N-dealkylation sites (tertiary alicyclic amines) is 4. The Balaban J connectivity index is 0.000000591. The Morgan fingerprint density at radius 2 is 0.793 bits per heavy atom. The van der Waals surface area contributed by atoms with Gasteiger partial charge in [0.15, 0.2) is 11.6 Å². The van der Waals surface area contributed by atoms with Gasteiger partial charge in [0, 0.05) is 74.8 Å². The quantitative estimate of drug-likeness (QED) is 0.106. The summed E-state index contributed by atoms with van der Waals surface area (Å²) < 4.78 is 21.4. The van der Waals surface area contributed by atoms with E-state index in [0.29, 0.717) is 52.1 Å². The van der Waals surface area contributed by atoms with Crippen LogP contribution in [0.1, 0.15) is 154 Å². The maximum absolute atomic E-state index is 12.5. The summed E-state index contributed by atoms with van der Waals surface area (Å²) in [6.07, 6.45) is 10.9. The van der Waals surface area contributed by atoms with Gasteiger partial charge in [-0.25, -0.2) is 19.2 Å². The molecule has 0 spiro atoms. The van der Waals surface area contributed by atoms with E-state index in [2.05, 4.69) is 0 Å². The maximum atomic E-state index is 12.5. The van der Waals surface area contributed by atoms with E-state index in [4.69, 9.17) is 38.1 Å². The molecule has 4 heterocycles. The Kier molecular flexibility index (Phi) is 42.4. The Hall–Kier alpha value is -7.00. The van der Waals surface area contributed by atoms with Crippen LogP contribution in [-0.4, -0.2) is 137 Å². The Morgan fingerprint density at radius 3 is 1.22 bits per heavy atom. The minimum atomic E-state index is -0.452. The molecular formula is C70H93KN4O17. The van der Waals surface area contributed by atoms with Crippen molar-refractivity contribution in [1.29, 1.82) is 0 Å². The molecule has 0 bridgehead atoms. The molecule has 1 N–H and O–H groups in total. The van der Waals surface area contributed by atoms with Gasteiger partial charge >= 0.3 is 88.1 Å². The minimum absolute atomic E-state index is 0. The molecule has 8 rings (SSSR count). The summed E-state index contributed by atoms with van der Waals surface area (Å²) in [6.45, 7) is 16.7. The van der Waals surface area contributed by atoms with Gasteiger partial charge in [-0.2, -0.15) is 19.2 Å². The summed E-state index contributed by atoms with van der Waals surface area (Å²) in [5.41, 5.74) is 3.08. The van der Waals surface area contributed by atoms with Gasteiger partial charge in [0.05, 0.1) is 13.1 Å². The number of rotatable bonds is 10. The molecule has 4 amide bonds. The number of Topliss-reactive ketones (excluding diaryl/α,β-unsaturated/α-hetero) is 4. The predicted molar refractivity (Wildman–Crippen MR) is 335 cm³/mol. The molecule has 0 aromatic heterocycles. The number of ketones is 4. The van der Waals surface area contributed by atoms with Crippen LogP contribution in [0, 0.1) is 22.7 Å². The topological polar surface area (TPSA) is 285 Å². The Morgan fingerprint density at radius 1 is 0.446 bits per heavy atom. The van der Waals surface area contributed by atoms with Crippen molar-refractivity contribution in [2.45, 2.75) is 158 Å². The fraction of sp³-hybridized carbons (Fsp3) is 0.514. The van der Waals surface area contributed by atoms with Gasteiger partial charge in [0.25, 0.3) is 0 Å². The third-order valence-electron chi connectivity index (χ3n) is 16.5. The van der Waals surface area contributed by atoms with Gasteiger partial charge in [0.1, 0.15) is 38.0 Å². The normalized spacial score (nSPS) is 19.8. The number of amides is 4. The van der Waals surface area contributed by atoms with E-state index in [0.717, 1.165) is 99.3 Å². The summed E-state index contributed by atoms with van der Waals surface area (Å²) in [5, 5.41) is 0. The first-order valence-corrected chi connectivity index (χ1v) is 31.2. The van der Waals surface area contributed by atoms with Crippen molar-refractivity contribution >= 4 is 59.8 Å². The van der Waals surface area contributed by atoms with Gasteiger partial charge in [-0.15, -0.1) is 0 Å². The molecular weight excluding hydrogens is 1210 g/mol. The van der Waals surface area contributed by atoms with Crippen LogP contribution in [0.4, 0.5) is 19.2 Å². The number of ether oxygens (including phenoxy) is 4. The van der Waals surface area contributed by atoms with Crippen LogP contribution in [0.15, 0.2) is 121 Å². The zero-order valence-electron chi connectivity index (χ0n) is 54.9. The van der Waals surface area contributed by atoms with Crippen molar-refractivity contribution < 1.29 is 133 Å². The molecule has 4 saturated heterocycles. The zero-order valence-corrected chi connectivity index (χ0v) is 58.0. The predicted octanol–water partition coefficient (Wildman–Crippen LogP) is 9.28. The zero-order chi connectivity index (χ0) is 66.2. The SMILES string of the molecule is CC1CCCCN(C(=O)OCc2ccccc2)CC1=O.CC1CN(C(=O)OCc2ccccc2)CCCCC1=O.CCC1(C)CCCCN(C(=O)OCc2ccccc2)CC1=O.CCC1(C)CN(C(=O)OCc2ccccc2)CCCCC1=O.O=C=O.O=C=O.[K+].[OH-]. The first kappa shape index (κ1) is 83.0.